The Morgan fingerprint density at radius 1 is 1.25 bits per heavy atom. The van der Waals surface area contributed by atoms with Gasteiger partial charge in [0.2, 0.25) is 5.91 Å². The second kappa shape index (κ2) is 3.63. The smallest absolute Gasteiger partial charge is 0.330 e. The number of carbonyl (C=O) groups excluding carboxylic acids is 1. The van der Waals surface area contributed by atoms with E-state index in [0.717, 1.165) is 11.1 Å². The number of hydrogen-bond donors (Lipinski definition) is 2. The van der Waals surface area contributed by atoms with Crippen LogP contribution in [0.3, 0.4) is 0 Å². The Kier molecular flexibility index (Phi) is 2.42. The van der Waals surface area contributed by atoms with E-state index >= 15 is 0 Å². The van der Waals surface area contributed by atoms with Crippen molar-refractivity contribution in [3.8, 4) is 0 Å². The lowest BCUT2D eigenvalue weighted by atomic mass is 9.96. The van der Waals surface area contributed by atoms with E-state index in [4.69, 9.17) is 0 Å². The van der Waals surface area contributed by atoms with Gasteiger partial charge in [-0.25, -0.2) is 4.79 Å². The van der Waals surface area contributed by atoms with Crippen LogP contribution >= 0.6 is 0 Å². The standard InChI is InChI=1S/C12H13NO3/c1-8(14)13-12(11(15)16)6-9-4-2-3-5-10(9)7-12/h2-5H,6-7H2,1H3,(H,13,14)(H,15,16). The number of carbonyl (C=O) groups is 2. The van der Waals surface area contributed by atoms with Gasteiger partial charge in [0.05, 0.1) is 0 Å². The molecule has 16 heavy (non-hydrogen) atoms. The van der Waals surface area contributed by atoms with Crippen molar-refractivity contribution in [1.82, 2.24) is 5.32 Å². The molecule has 0 aliphatic heterocycles. The zero-order valence-corrected chi connectivity index (χ0v) is 8.99. The molecule has 4 heteroatoms. The number of hydrogen-bond acceptors (Lipinski definition) is 2. The van der Waals surface area contributed by atoms with Gasteiger partial charge in [0.25, 0.3) is 0 Å². The fraction of sp³-hybridized carbons (Fsp3) is 0.333. The summed E-state index contributed by atoms with van der Waals surface area (Å²) in [6.07, 6.45) is 0.718. The molecule has 0 unspecified atom stereocenters. The van der Waals surface area contributed by atoms with Crippen LogP contribution in [0.5, 0.6) is 0 Å². The van der Waals surface area contributed by atoms with Crippen LogP contribution in [0.4, 0.5) is 0 Å². The van der Waals surface area contributed by atoms with Crippen molar-refractivity contribution < 1.29 is 14.7 Å². The van der Waals surface area contributed by atoms with Gasteiger partial charge >= 0.3 is 5.97 Å². The molecule has 2 rings (SSSR count). The molecule has 1 aliphatic carbocycles. The van der Waals surface area contributed by atoms with Crippen LogP contribution in [0, 0.1) is 0 Å². The molecule has 1 aromatic rings. The van der Waals surface area contributed by atoms with Gasteiger partial charge < -0.3 is 10.4 Å². The minimum Gasteiger partial charge on any atom is -0.479 e. The van der Waals surface area contributed by atoms with E-state index in [0.29, 0.717) is 12.8 Å². The number of fused-ring (bicyclic) bond motifs is 1. The van der Waals surface area contributed by atoms with Gasteiger partial charge in [0, 0.05) is 19.8 Å². The van der Waals surface area contributed by atoms with Crippen LogP contribution in [0.25, 0.3) is 0 Å². The summed E-state index contributed by atoms with van der Waals surface area (Å²) >= 11 is 0. The first kappa shape index (κ1) is 10.7. The van der Waals surface area contributed by atoms with Crippen molar-refractivity contribution in [1.29, 1.82) is 0 Å². The Hall–Kier alpha value is -1.84. The van der Waals surface area contributed by atoms with Crippen LogP contribution in [0.15, 0.2) is 24.3 Å². The van der Waals surface area contributed by atoms with Crippen molar-refractivity contribution in [2.45, 2.75) is 25.3 Å². The number of amides is 1. The molecule has 1 aliphatic rings. The first-order valence-electron chi connectivity index (χ1n) is 5.12. The summed E-state index contributed by atoms with van der Waals surface area (Å²) in [4.78, 5) is 22.4. The Morgan fingerprint density at radius 3 is 2.12 bits per heavy atom. The Balaban J connectivity index is 2.34. The average molecular weight is 219 g/mol. The van der Waals surface area contributed by atoms with Crippen LogP contribution < -0.4 is 5.32 Å². The minimum atomic E-state index is -1.16. The Bertz CT molecular complexity index is 428. The van der Waals surface area contributed by atoms with E-state index in [1.54, 1.807) is 0 Å². The topological polar surface area (TPSA) is 66.4 Å². The summed E-state index contributed by atoms with van der Waals surface area (Å²) in [7, 11) is 0. The molecule has 84 valence electrons. The fourth-order valence-electron chi connectivity index (χ4n) is 2.25. The highest BCUT2D eigenvalue weighted by Gasteiger charge is 2.44. The van der Waals surface area contributed by atoms with Crippen LogP contribution in [0.2, 0.25) is 0 Å². The molecule has 1 aromatic carbocycles. The van der Waals surface area contributed by atoms with Crippen molar-refractivity contribution in [3.05, 3.63) is 35.4 Å². The summed E-state index contributed by atoms with van der Waals surface area (Å²) in [6.45, 7) is 1.34. The normalized spacial score (nSPS) is 16.6. The fourth-order valence-corrected chi connectivity index (χ4v) is 2.25. The molecule has 0 saturated carbocycles. The van der Waals surface area contributed by atoms with Gasteiger partial charge in [-0.05, 0) is 11.1 Å². The molecule has 4 nitrogen and oxygen atoms in total. The maximum Gasteiger partial charge on any atom is 0.330 e. The van der Waals surface area contributed by atoms with Crippen molar-refractivity contribution >= 4 is 11.9 Å². The molecule has 0 saturated heterocycles. The highest BCUT2D eigenvalue weighted by atomic mass is 16.4. The summed E-state index contributed by atoms with van der Waals surface area (Å²) < 4.78 is 0. The second-order valence-corrected chi connectivity index (χ2v) is 4.19. The van der Waals surface area contributed by atoms with E-state index in [-0.39, 0.29) is 5.91 Å². The zero-order chi connectivity index (χ0) is 11.8. The Morgan fingerprint density at radius 2 is 1.75 bits per heavy atom. The lowest BCUT2D eigenvalue weighted by Crippen LogP contribution is -2.54. The number of nitrogens with one attached hydrogen (secondary N) is 1. The molecule has 1 amide bonds. The maximum atomic E-state index is 11.3. The predicted molar refractivity (Wildman–Crippen MR) is 58.0 cm³/mol. The lowest BCUT2D eigenvalue weighted by molar-refractivity contribution is -0.147. The largest absolute Gasteiger partial charge is 0.479 e. The maximum absolute atomic E-state index is 11.3. The summed E-state index contributed by atoms with van der Waals surface area (Å²) in [5.41, 5.74) is 0.840. The van der Waals surface area contributed by atoms with E-state index in [1.807, 2.05) is 24.3 Å². The molecule has 0 atom stereocenters. The van der Waals surface area contributed by atoms with Gasteiger partial charge in [-0.15, -0.1) is 0 Å². The number of benzene rings is 1. The number of carboxylic acids is 1. The van der Waals surface area contributed by atoms with Gasteiger partial charge in [-0.3, -0.25) is 4.79 Å². The third-order valence-electron chi connectivity index (χ3n) is 2.93. The van der Waals surface area contributed by atoms with Crippen LogP contribution in [-0.4, -0.2) is 22.5 Å². The van der Waals surface area contributed by atoms with E-state index in [9.17, 15) is 14.7 Å². The Labute approximate surface area is 93.3 Å². The molecule has 2 N–H and O–H groups in total. The summed E-state index contributed by atoms with van der Waals surface area (Å²) in [5, 5.41) is 11.8. The van der Waals surface area contributed by atoms with Gasteiger partial charge in [-0.2, -0.15) is 0 Å². The molecular weight excluding hydrogens is 206 g/mol. The quantitative estimate of drug-likeness (QED) is 0.771. The molecule has 0 radical (unpaired) electrons. The number of aliphatic carboxylic acids is 1. The monoisotopic (exact) mass is 219 g/mol. The third kappa shape index (κ3) is 1.66. The third-order valence-corrected chi connectivity index (χ3v) is 2.93. The molecule has 0 bridgehead atoms. The first-order chi connectivity index (χ1) is 7.53. The molecule has 0 fully saturated rings. The minimum absolute atomic E-state index is 0.310. The number of rotatable bonds is 2. The van der Waals surface area contributed by atoms with Gasteiger partial charge in [-0.1, -0.05) is 24.3 Å². The van der Waals surface area contributed by atoms with Crippen molar-refractivity contribution in [2.24, 2.45) is 0 Å². The predicted octanol–water partition coefficient (Wildman–Crippen LogP) is 0.745. The van der Waals surface area contributed by atoms with Crippen molar-refractivity contribution in [3.63, 3.8) is 0 Å². The van der Waals surface area contributed by atoms with Crippen LogP contribution in [-0.2, 0) is 22.4 Å². The zero-order valence-electron chi connectivity index (χ0n) is 8.99. The van der Waals surface area contributed by atoms with Crippen molar-refractivity contribution in [2.75, 3.05) is 0 Å². The second-order valence-electron chi connectivity index (χ2n) is 4.19. The molecule has 0 heterocycles. The lowest BCUT2D eigenvalue weighted by Gasteiger charge is -2.24. The summed E-state index contributed by atoms with van der Waals surface area (Å²) in [5.74, 6) is -1.28. The first-order valence-corrected chi connectivity index (χ1v) is 5.12. The summed E-state index contributed by atoms with van der Waals surface area (Å²) in [6, 6.07) is 7.57. The molecule has 0 spiro atoms. The SMILES string of the molecule is CC(=O)NC1(C(=O)O)Cc2ccccc2C1. The number of carboxylic acid groups (broad SMARTS) is 1. The van der Waals surface area contributed by atoms with E-state index in [1.165, 1.54) is 6.92 Å². The van der Waals surface area contributed by atoms with E-state index < -0.39 is 11.5 Å². The van der Waals surface area contributed by atoms with Gasteiger partial charge in [0.15, 0.2) is 0 Å². The molecular formula is C12H13NO3. The molecule has 0 aromatic heterocycles. The highest BCUT2D eigenvalue weighted by molar-refractivity contribution is 5.87. The van der Waals surface area contributed by atoms with E-state index in [2.05, 4.69) is 5.32 Å². The highest BCUT2D eigenvalue weighted by Crippen LogP contribution is 2.30. The van der Waals surface area contributed by atoms with Crippen LogP contribution in [0.1, 0.15) is 18.1 Å². The average Bonchev–Trinajstić information content (AvgIpc) is 2.55. The van der Waals surface area contributed by atoms with Gasteiger partial charge in [0.1, 0.15) is 5.54 Å².